The van der Waals surface area contributed by atoms with E-state index >= 15 is 0 Å². The second kappa shape index (κ2) is 17.0. The maximum atomic E-state index is 5.49. The average Bonchev–Trinajstić information content (AvgIpc) is 4.29. The molecule has 0 fully saturated rings. The van der Waals surface area contributed by atoms with Crippen LogP contribution in [0.4, 0.5) is 0 Å². The Bertz CT molecular complexity index is 4930. The molecule has 0 atom stereocenters. The van der Waals surface area contributed by atoms with Crippen molar-refractivity contribution in [2.75, 3.05) is 0 Å². The van der Waals surface area contributed by atoms with E-state index in [-0.39, 0.29) is 0 Å². The molecule has 6 nitrogen and oxygen atoms in total. The highest BCUT2D eigenvalue weighted by Crippen LogP contribution is 2.41. The summed E-state index contributed by atoms with van der Waals surface area (Å²) in [5.41, 5.74) is 13.3. The van der Waals surface area contributed by atoms with Gasteiger partial charge in [0, 0.05) is 61.9 Å². The largest absolute Gasteiger partial charge is 0.294 e. The van der Waals surface area contributed by atoms with E-state index in [2.05, 4.69) is 240 Å². The van der Waals surface area contributed by atoms with Crippen molar-refractivity contribution in [2.45, 2.75) is 0 Å². The summed E-state index contributed by atoms with van der Waals surface area (Å²) in [6, 6.07) is 86.5. The Kier molecular flexibility index (Phi) is 9.57. The molecule has 0 saturated heterocycles. The van der Waals surface area contributed by atoms with Gasteiger partial charge in [-0.3, -0.25) is 9.13 Å². The zero-order valence-corrected chi connectivity index (χ0v) is 42.2. The van der Waals surface area contributed by atoms with Gasteiger partial charge in [0.25, 0.3) is 0 Å². The second-order valence-corrected chi connectivity index (χ2v) is 21.5. The highest BCUT2D eigenvalue weighted by atomic mass is 32.1. The second-order valence-electron chi connectivity index (χ2n) is 19.4. The average molecular weight is 1010 g/mol. The molecular formula is C68H40N6S2. The quantitative estimate of drug-likeness (QED) is 0.160. The minimum Gasteiger partial charge on any atom is -0.294 e. The molecule has 8 heterocycles. The van der Waals surface area contributed by atoms with Crippen LogP contribution < -0.4 is 0 Å². The van der Waals surface area contributed by atoms with Crippen LogP contribution >= 0.6 is 22.7 Å². The van der Waals surface area contributed by atoms with Crippen molar-refractivity contribution in [3.05, 3.63) is 243 Å². The van der Waals surface area contributed by atoms with E-state index in [4.69, 9.17) is 19.9 Å². The molecular weight excluding hydrogens is 965 g/mol. The standard InChI is InChI=1S/C68H40N6S2/c1-7-25-59-45(15-1)46-16-2-8-26-60(46)73(59)67-39-43(41-32-34-65-52(35-41)50-20-6-12-30-64(50)75-65)36-57(71-67)55-23-13-21-53(69-55)54-22-14-24-56(70-54)58-37-44(42-31-33-51-49-19-5-11-29-63(49)76-66(51)38-42)40-68(72-58)74-61-27-9-3-17-47(61)48-18-4-10-28-62(48)74/h1-40H. The van der Waals surface area contributed by atoms with E-state index in [0.29, 0.717) is 0 Å². The van der Waals surface area contributed by atoms with Crippen molar-refractivity contribution in [3.63, 3.8) is 0 Å². The molecule has 0 N–H and O–H groups in total. The summed E-state index contributed by atoms with van der Waals surface area (Å²) in [5, 5.41) is 9.80. The van der Waals surface area contributed by atoms with Crippen LogP contribution in [0.2, 0.25) is 0 Å². The first-order chi connectivity index (χ1) is 37.6. The van der Waals surface area contributed by atoms with Crippen LogP contribution in [0.1, 0.15) is 0 Å². The van der Waals surface area contributed by atoms with E-state index in [1.54, 1.807) is 0 Å². The van der Waals surface area contributed by atoms with Crippen LogP contribution in [-0.4, -0.2) is 29.1 Å². The van der Waals surface area contributed by atoms with E-state index in [1.807, 2.05) is 34.8 Å². The van der Waals surface area contributed by atoms with Crippen molar-refractivity contribution in [2.24, 2.45) is 0 Å². The third-order valence-corrected chi connectivity index (χ3v) is 17.2. The van der Waals surface area contributed by atoms with Crippen LogP contribution in [0.15, 0.2) is 243 Å². The minimum atomic E-state index is 0.741. The lowest BCUT2D eigenvalue weighted by molar-refractivity contribution is 1.07. The number of benzene rings is 8. The maximum Gasteiger partial charge on any atom is 0.138 e. The van der Waals surface area contributed by atoms with E-state index in [9.17, 15) is 0 Å². The third-order valence-electron chi connectivity index (χ3n) is 14.9. The zero-order chi connectivity index (χ0) is 49.8. The predicted octanol–water partition coefficient (Wildman–Crippen LogP) is 18.5. The minimum absolute atomic E-state index is 0.741. The summed E-state index contributed by atoms with van der Waals surface area (Å²) in [4.78, 5) is 21.8. The van der Waals surface area contributed by atoms with E-state index in [0.717, 1.165) is 90.1 Å². The summed E-state index contributed by atoms with van der Waals surface area (Å²) in [6.07, 6.45) is 0. The van der Waals surface area contributed by atoms with E-state index in [1.165, 1.54) is 61.9 Å². The Morgan fingerprint density at radius 2 is 0.592 bits per heavy atom. The van der Waals surface area contributed by atoms with Gasteiger partial charge in [-0.2, -0.15) is 0 Å². The molecule has 8 aromatic carbocycles. The summed E-state index contributed by atoms with van der Waals surface area (Å²) in [5.74, 6) is 1.65. The number of hydrogen-bond donors (Lipinski definition) is 0. The highest BCUT2D eigenvalue weighted by molar-refractivity contribution is 7.26. The smallest absolute Gasteiger partial charge is 0.138 e. The molecule has 16 rings (SSSR count). The van der Waals surface area contributed by atoms with Gasteiger partial charge in [-0.15, -0.1) is 22.7 Å². The molecule has 0 amide bonds. The monoisotopic (exact) mass is 1000 g/mol. The maximum absolute atomic E-state index is 5.49. The van der Waals surface area contributed by atoms with Gasteiger partial charge in [0.05, 0.1) is 56.2 Å². The molecule has 354 valence electrons. The first-order valence-corrected chi connectivity index (χ1v) is 27.1. The molecule has 0 saturated carbocycles. The van der Waals surface area contributed by atoms with Gasteiger partial charge in [0.15, 0.2) is 0 Å². The number of hydrogen-bond acceptors (Lipinski definition) is 6. The normalized spacial score (nSPS) is 11.9. The van der Waals surface area contributed by atoms with Gasteiger partial charge in [-0.05, 0) is 125 Å². The van der Waals surface area contributed by atoms with Crippen LogP contribution in [0.5, 0.6) is 0 Å². The number of thiophene rings is 2. The molecule has 0 spiro atoms. The van der Waals surface area contributed by atoms with Crippen molar-refractivity contribution in [1.82, 2.24) is 29.1 Å². The Morgan fingerprint density at radius 1 is 0.224 bits per heavy atom. The Balaban J connectivity index is 0.853. The molecule has 0 aliphatic rings. The third kappa shape index (κ3) is 6.85. The number of pyridine rings is 4. The van der Waals surface area contributed by atoms with E-state index < -0.39 is 0 Å². The zero-order valence-electron chi connectivity index (χ0n) is 40.6. The molecule has 0 aliphatic carbocycles. The van der Waals surface area contributed by atoms with Crippen LogP contribution in [0.3, 0.4) is 0 Å². The SMILES string of the molecule is c1cc(-c2cccc(-c3cc(-c4ccc5sc6ccccc6c5c4)cc(-n4c5ccccc5c5ccccc54)n3)n2)nc(-c2cc(-c3ccc4c(c3)sc3ccccc34)cc(-n3c4ccccc4c4ccccc43)n2)c1. The number of nitrogens with zero attached hydrogens (tertiary/aromatic N) is 6. The number of para-hydroxylation sites is 4. The van der Waals surface area contributed by atoms with Crippen LogP contribution in [0, 0.1) is 0 Å². The van der Waals surface area contributed by atoms with Crippen molar-refractivity contribution < 1.29 is 0 Å². The summed E-state index contributed by atoms with van der Waals surface area (Å²) >= 11 is 3.66. The Hall–Kier alpha value is -9.60. The fourth-order valence-electron chi connectivity index (χ4n) is 11.4. The van der Waals surface area contributed by atoms with Crippen molar-refractivity contribution in [1.29, 1.82) is 0 Å². The van der Waals surface area contributed by atoms with Gasteiger partial charge < -0.3 is 0 Å². The molecule has 0 aliphatic heterocycles. The fraction of sp³-hybridized carbons (Fsp3) is 0. The first-order valence-electron chi connectivity index (χ1n) is 25.4. The highest BCUT2D eigenvalue weighted by Gasteiger charge is 2.20. The lowest BCUT2D eigenvalue weighted by Gasteiger charge is -2.14. The van der Waals surface area contributed by atoms with Crippen LogP contribution in [-0.2, 0) is 0 Å². The van der Waals surface area contributed by atoms with Gasteiger partial charge in [-0.1, -0.05) is 140 Å². The van der Waals surface area contributed by atoms with Crippen LogP contribution in [0.25, 0.3) is 152 Å². The van der Waals surface area contributed by atoms with Gasteiger partial charge in [-0.25, -0.2) is 19.9 Å². The molecule has 8 heteroatoms. The first kappa shape index (κ1) is 42.9. The summed E-state index contributed by atoms with van der Waals surface area (Å²) < 4.78 is 9.67. The molecule has 76 heavy (non-hydrogen) atoms. The molecule has 8 aromatic heterocycles. The fourth-order valence-corrected chi connectivity index (χ4v) is 13.7. The number of aromatic nitrogens is 6. The Labute approximate surface area is 443 Å². The lowest BCUT2D eigenvalue weighted by Crippen LogP contribution is -2.02. The van der Waals surface area contributed by atoms with Crippen molar-refractivity contribution >= 4 is 107 Å². The number of fused-ring (bicyclic) bond motifs is 12. The van der Waals surface area contributed by atoms with Gasteiger partial charge in [0.1, 0.15) is 11.6 Å². The van der Waals surface area contributed by atoms with Gasteiger partial charge >= 0.3 is 0 Å². The molecule has 16 aromatic rings. The number of rotatable bonds is 7. The summed E-state index contributed by atoms with van der Waals surface area (Å²) in [6.45, 7) is 0. The molecule has 0 radical (unpaired) electrons. The summed E-state index contributed by atoms with van der Waals surface area (Å²) in [7, 11) is 0. The topological polar surface area (TPSA) is 61.4 Å². The van der Waals surface area contributed by atoms with Crippen molar-refractivity contribution in [3.8, 4) is 68.1 Å². The predicted molar refractivity (Wildman–Crippen MR) is 319 cm³/mol. The molecule has 0 bridgehead atoms. The molecule has 0 unspecified atom stereocenters. The van der Waals surface area contributed by atoms with Gasteiger partial charge in [0.2, 0.25) is 0 Å². The Morgan fingerprint density at radius 3 is 1.09 bits per heavy atom. The lowest BCUT2D eigenvalue weighted by atomic mass is 10.0.